The van der Waals surface area contributed by atoms with E-state index in [1.807, 2.05) is 18.2 Å². The standard InChI is InChI=1S/C9H10ClIO/c10-8-3-1-2-7(6-8)9(12)4-5-11/h1-3,6,9,12H,4-5H2/t9-/m0/s1. The van der Waals surface area contributed by atoms with E-state index in [-0.39, 0.29) is 6.10 Å². The predicted molar refractivity (Wildman–Crippen MR) is 59.9 cm³/mol. The summed E-state index contributed by atoms with van der Waals surface area (Å²) in [7, 11) is 0. The summed E-state index contributed by atoms with van der Waals surface area (Å²) in [4.78, 5) is 0. The van der Waals surface area contributed by atoms with Gasteiger partial charge < -0.3 is 5.11 Å². The first-order valence-corrected chi connectivity index (χ1v) is 5.64. The molecule has 0 bridgehead atoms. The lowest BCUT2D eigenvalue weighted by atomic mass is 10.1. The van der Waals surface area contributed by atoms with Gasteiger partial charge in [0.05, 0.1) is 6.10 Å². The van der Waals surface area contributed by atoms with E-state index in [1.165, 1.54) is 0 Å². The van der Waals surface area contributed by atoms with Gasteiger partial charge in [-0.2, -0.15) is 0 Å². The second kappa shape index (κ2) is 5.04. The third kappa shape index (κ3) is 2.92. The molecular formula is C9H10ClIO. The lowest BCUT2D eigenvalue weighted by Gasteiger charge is -2.08. The van der Waals surface area contributed by atoms with Crippen molar-refractivity contribution in [2.24, 2.45) is 0 Å². The Bertz CT molecular complexity index is 252. The van der Waals surface area contributed by atoms with Crippen LogP contribution in [0.3, 0.4) is 0 Å². The minimum atomic E-state index is -0.374. The van der Waals surface area contributed by atoms with Crippen molar-refractivity contribution in [3.8, 4) is 0 Å². The van der Waals surface area contributed by atoms with Crippen molar-refractivity contribution in [2.75, 3.05) is 4.43 Å². The Morgan fingerprint density at radius 2 is 2.25 bits per heavy atom. The average Bonchev–Trinajstić information content (AvgIpc) is 2.05. The average molecular weight is 297 g/mol. The van der Waals surface area contributed by atoms with Gasteiger partial charge in [0.1, 0.15) is 0 Å². The van der Waals surface area contributed by atoms with Gasteiger partial charge in [0.2, 0.25) is 0 Å². The molecule has 0 fully saturated rings. The summed E-state index contributed by atoms with van der Waals surface area (Å²) in [6, 6.07) is 7.36. The summed E-state index contributed by atoms with van der Waals surface area (Å²) >= 11 is 8.02. The van der Waals surface area contributed by atoms with Crippen LogP contribution >= 0.6 is 34.2 Å². The fourth-order valence-corrected chi connectivity index (χ4v) is 1.77. The van der Waals surface area contributed by atoms with Crippen LogP contribution in [0.15, 0.2) is 24.3 Å². The molecule has 0 heterocycles. The largest absolute Gasteiger partial charge is 0.388 e. The molecule has 0 aliphatic carbocycles. The zero-order chi connectivity index (χ0) is 8.97. The van der Waals surface area contributed by atoms with Crippen LogP contribution in [0, 0.1) is 0 Å². The molecule has 1 N–H and O–H groups in total. The molecule has 66 valence electrons. The summed E-state index contributed by atoms with van der Waals surface area (Å²) in [5.41, 5.74) is 0.902. The number of aliphatic hydroxyl groups excluding tert-OH is 1. The molecule has 1 aromatic rings. The first kappa shape index (κ1) is 10.3. The summed E-state index contributed by atoms with van der Waals surface area (Å²) < 4.78 is 0.950. The second-order valence-corrected chi connectivity index (χ2v) is 4.06. The maximum atomic E-state index is 9.58. The van der Waals surface area contributed by atoms with E-state index in [9.17, 15) is 5.11 Å². The van der Waals surface area contributed by atoms with E-state index in [0.29, 0.717) is 5.02 Å². The van der Waals surface area contributed by atoms with Crippen molar-refractivity contribution < 1.29 is 5.11 Å². The Balaban J connectivity index is 2.73. The SMILES string of the molecule is O[C@@H](CCI)c1cccc(Cl)c1. The van der Waals surface area contributed by atoms with Crippen LogP contribution in [-0.2, 0) is 0 Å². The highest BCUT2D eigenvalue weighted by atomic mass is 127. The number of alkyl halides is 1. The summed E-state index contributed by atoms with van der Waals surface area (Å²) in [5, 5.41) is 10.3. The van der Waals surface area contributed by atoms with Gasteiger partial charge in [-0.1, -0.05) is 46.3 Å². The number of benzene rings is 1. The number of aliphatic hydroxyl groups is 1. The van der Waals surface area contributed by atoms with Gasteiger partial charge in [-0.25, -0.2) is 0 Å². The number of halogens is 2. The Morgan fingerprint density at radius 3 is 2.83 bits per heavy atom. The predicted octanol–water partition coefficient (Wildman–Crippen LogP) is 3.20. The normalized spacial score (nSPS) is 12.9. The molecule has 0 spiro atoms. The van der Waals surface area contributed by atoms with Gasteiger partial charge >= 0.3 is 0 Å². The molecule has 0 radical (unpaired) electrons. The first-order valence-electron chi connectivity index (χ1n) is 3.73. The maximum Gasteiger partial charge on any atom is 0.0797 e. The van der Waals surface area contributed by atoms with Gasteiger partial charge in [0.25, 0.3) is 0 Å². The number of hydrogen-bond acceptors (Lipinski definition) is 1. The van der Waals surface area contributed by atoms with Gasteiger partial charge in [-0.3, -0.25) is 0 Å². The molecule has 1 rings (SSSR count). The highest BCUT2D eigenvalue weighted by molar-refractivity contribution is 14.1. The molecular weight excluding hydrogens is 286 g/mol. The zero-order valence-corrected chi connectivity index (χ0v) is 9.42. The second-order valence-electron chi connectivity index (χ2n) is 2.55. The molecule has 0 amide bonds. The summed E-state index contributed by atoms with van der Waals surface area (Å²) in [6.45, 7) is 0. The molecule has 0 aliphatic heterocycles. The fourth-order valence-electron chi connectivity index (χ4n) is 0.984. The Morgan fingerprint density at radius 1 is 1.50 bits per heavy atom. The highest BCUT2D eigenvalue weighted by Crippen LogP contribution is 2.20. The molecule has 0 saturated carbocycles. The third-order valence-electron chi connectivity index (χ3n) is 1.62. The topological polar surface area (TPSA) is 20.2 Å². The Kier molecular flexibility index (Phi) is 4.32. The molecule has 0 unspecified atom stereocenters. The van der Waals surface area contributed by atoms with Crippen LogP contribution < -0.4 is 0 Å². The van der Waals surface area contributed by atoms with Gasteiger partial charge in [-0.15, -0.1) is 0 Å². The fraction of sp³-hybridized carbons (Fsp3) is 0.333. The van der Waals surface area contributed by atoms with Crippen LogP contribution in [0.1, 0.15) is 18.1 Å². The van der Waals surface area contributed by atoms with Crippen LogP contribution in [0.25, 0.3) is 0 Å². The number of hydrogen-bond donors (Lipinski definition) is 1. The maximum absolute atomic E-state index is 9.58. The molecule has 1 atom stereocenters. The molecule has 3 heteroatoms. The molecule has 12 heavy (non-hydrogen) atoms. The smallest absolute Gasteiger partial charge is 0.0797 e. The third-order valence-corrected chi connectivity index (χ3v) is 2.47. The zero-order valence-electron chi connectivity index (χ0n) is 6.50. The molecule has 1 aromatic carbocycles. The van der Waals surface area contributed by atoms with Gasteiger partial charge in [0, 0.05) is 9.45 Å². The lowest BCUT2D eigenvalue weighted by molar-refractivity contribution is 0.176. The van der Waals surface area contributed by atoms with Gasteiger partial charge in [0.15, 0.2) is 0 Å². The summed E-state index contributed by atoms with van der Waals surface area (Å²) in [5.74, 6) is 0. The molecule has 0 aliphatic rings. The summed E-state index contributed by atoms with van der Waals surface area (Å²) in [6.07, 6.45) is 0.404. The van der Waals surface area contributed by atoms with E-state index in [2.05, 4.69) is 22.6 Å². The lowest BCUT2D eigenvalue weighted by Crippen LogP contribution is -1.97. The van der Waals surface area contributed by atoms with E-state index in [1.54, 1.807) is 6.07 Å². The van der Waals surface area contributed by atoms with E-state index in [4.69, 9.17) is 11.6 Å². The van der Waals surface area contributed by atoms with Crippen molar-refractivity contribution >= 4 is 34.2 Å². The van der Waals surface area contributed by atoms with Crippen molar-refractivity contribution in [3.05, 3.63) is 34.9 Å². The Labute approximate surface area is 90.9 Å². The first-order chi connectivity index (χ1) is 5.74. The van der Waals surface area contributed by atoms with E-state index >= 15 is 0 Å². The van der Waals surface area contributed by atoms with Gasteiger partial charge in [-0.05, 0) is 24.1 Å². The minimum absolute atomic E-state index is 0.374. The molecule has 0 saturated heterocycles. The van der Waals surface area contributed by atoms with E-state index in [0.717, 1.165) is 16.4 Å². The molecule has 1 nitrogen and oxygen atoms in total. The number of rotatable bonds is 3. The van der Waals surface area contributed by atoms with Crippen molar-refractivity contribution in [2.45, 2.75) is 12.5 Å². The monoisotopic (exact) mass is 296 g/mol. The van der Waals surface area contributed by atoms with Crippen molar-refractivity contribution in [1.29, 1.82) is 0 Å². The molecule has 0 aromatic heterocycles. The van der Waals surface area contributed by atoms with E-state index < -0.39 is 0 Å². The highest BCUT2D eigenvalue weighted by Gasteiger charge is 2.05. The minimum Gasteiger partial charge on any atom is -0.388 e. The van der Waals surface area contributed by atoms with Crippen LogP contribution in [0.4, 0.5) is 0 Å². The van der Waals surface area contributed by atoms with Crippen molar-refractivity contribution in [1.82, 2.24) is 0 Å². The van der Waals surface area contributed by atoms with Crippen LogP contribution in [-0.4, -0.2) is 9.53 Å². The quantitative estimate of drug-likeness (QED) is 0.671. The van der Waals surface area contributed by atoms with Crippen molar-refractivity contribution in [3.63, 3.8) is 0 Å². The Hall–Kier alpha value is 0.200. The van der Waals surface area contributed by atoms with Crippen LogP contribution in [0.2, 0.25) is 5.02 Å². The van der Waals surface area contributed by atoms with Crippen LogP contribution in [0.5, 0.6) is 0 Å².